The number of anilines is 5. The van der Waals surface area contributed by atoms with Crippen molar-refractivity contribution < 1.29 is 79.6 Å². The van der Waals surface area contributed by atoms with Gasteiger partial charge in [-0.1, -0.05) is 48.5 Å². The third-order valence-electron chi connectivity index (χ3n) is 15.1. The van der Waals surface area contributed by atoms with Crippen LogP contribution >= 0.6 is 23.5 Å². The third-order valence-corrected chi connectivity index (χ3v) is 21.6. The van der Waals surface area contributed by atoms with Crippen LogP contribution in [0.3, 0.4) is 0 Å². The molecule has 0 radical (unpaired) electrons. The Kier molecular flexibility index (Phi) is 25.0. The number of fused-ring (bicyclic) bond motifs is 3. The minimum Gasteiger partial charge on any atom is -0.493 e. The number of hydrogen-bond donors (Lipinski definition) is 9. The molecule has 44 heteroatoms. The predicted molar refractivity (Wildman–Crippen MR) is 399 cm³/mol. The maximum Gasteiger partial charge on any atom is 0.297 e. The molecule has 0 fully saturated rings. The summed E-state index contributed by atoms with van der Waals surface area (Å²) in [4.78, 5) is 28.0. The SMILES string of the molecule is Cc1cc(N=Nc2c(C)c(C#N)c3nc4ccccc4n3c2O)c(OCCCS(=O)(=O)O)cc1N=Nc1cc(Nc2nc(NCc3ccccc3)nc(Nc3cccc(S(=O)(=O)O)c3)n2)c(N=Nc2cc(C)c(N=Nc3ccc([N+](=O)[O-])cc3S(=O)(=O)O)cc2SCCCS(=O)(=O)O)cc1SCCCS(=O)(=O)O. The number of nitro benzene ring substituents is 1. The molecule has 10 aromatic rings. The average molecular weight is 1610 g/mol. The molecule has 0 saturated carbocycles. The largest absolute Gasteiger partial charge is 0.493 e. The summed E-state index contributed by atoms with van der Waals surface area (Å²) in [6.07, 6.45) is -0.453. The number of para-hydroxylation sites is 2. The van der Waals surface area contributed by atoms with Crippen molar-refractivity contribution in [2.75, 3.05) is 51.3 Å². The van der Waals surface area contributed by atoms with Gasteiger partial charge in [0.1, 0.15) is 45.0 Å². The number of nitrogens with zero attached hydrogens (tertiary/aromatic N) is 15. The van der Waals surface area contributed by atoms with Crippen LogP contribution in [0.2, 0.25) is 0 Å². The number of benzene rings is 7. The van der Waals surface area contributed by atoms with E-state index in [-0.39, 0.29) is 145 Å². The lowest BCUT2D eigenvalue weighted by molar-refractivity contribution is -0.385. The zero-order chi connectivity index (χ0) is 77.9. The molecule has 10 rings (SSSR count). The normalized spacial score (nSPS) is 12.5. The Morgan fingerprint density at radius 1 is 0.565 bits per heavy atom. The van der Waals surface area contributed by atoms with E-state index in [1.165, 1.54) is 52.9 Å². The first kappa shape index (κ1) is 79.6. The molecule has 0 aliphatic carbocycles. The monoisotopic (exact) mass is 1610 g/mol. The van der Waals surface area contributed by atoms with Gasteiger partial charge in [-0.15, -0.1) is 54.2 Å². The number of non-ortho nitro benzene ring substituents is 1. The highest BCUT2D eigenvalue weighted by molar-refractivity contribution is 7.99. The van der Waals surface area contributed by atoms with Gasteiger partial charge in [-0.05, 0) is 135 Å². The number of nitrogens with one attached hydrogen (secondary N) is 3. The number of hydrogen-bond acceptors (Lipinski definition) is 32. The number of ether oxygens (including phenoxy) is 1. The molecule has 0 atom stereocenters. The lowest BCUT2D eigenvalue weighted by Gasteiger charge is -2.15. The Morgan fingerprint density at radius 2 is 1.12 bits per heavy atom. The first-order valence-electron chi connectivity index (χ1n) is 31.4. The molecular weight excluding hydrogens is 1550 g/mol. The second-order valence-electron chi connectivity index (χ2n) is 23.1. The van der Waals surface area contributed by atoms with E-state index in [9.17, 15) is 85.3 Å². The van der Waals surface area contributed by atoms with Gasteiger partial charge in [0.05, 0.1) is 67.5 Å². The van der Waals surface area contributed by atoms with Crippen molar-refractivity contribution in [2.24, 2.45) is 40.9 Å². The first-order valence-corrected chi connectivity index (χ1v) is 41.1. The van der Waals surface area contributed by atoms with Crippen LogP contribution in [0.5, 0.6) is 11.6 Å². The molecule has 0 aliphatic heterocycles. The Balaban J connectivity index is 1.13. The topological polar surface area (TPSA) is 559 Å². The van der Waals surface area contributed by atoms with E-state index >= 15 is 0 Å². The van der Waals surface area contributed by atoms with E-state index in [4.69, 9.17) is 4.74 Å². The third kappa shape index (κ3) is 21.4. The Morgan fingerprint density at radius 3 is 1.75 bits per heavy atom. The molecular formula is C64H60N18O19S7. The van der Waals surface area contributed by atoms with Crippen LogP contribution in [-0.4, -0.2) is 135 Å². The van der Waals surface area contributed by atoms with Crippen molar-refractivity contribution in [3.05, 3.63) is 171 Å². The number of aryl methyl sites for hydroxylation is 2. The van der Waals surface area contributed by atoms with E-state index in [1.807, 2.05) is 18.2 Å². The standard InChI is InChI=1S/C64H60N18O19S7/c1-37-27-51(77-80-59-39(3)44(35-65)60-68-45-17-7-8-18-54(45)81(60)61(59)83)55(101-21-10-24-104(86,87)88)32-47(37)74-79-53-31-49(69-64-71-62(66-36-40-13-5-4-6-14-40)70-63(72-64)67-41-15-9-16-43(29-41)107(95,96)97)50(34-57(53)103-23-12-26-106(92,93)94)76-78-52-28-38(2)48(33-56(52)102-22-11-25-105(89,90)91)75-73-46-20-19-42(82(84)85)30-58(46)108(98,99)100/h4-9,13-20,27-34,83H,10-12,21-26,36H2,1-3H3,(H,86,87,88)(H,89,90,91)(H,92,93,94)(H,95,96,97)(H,98,99,100)(H3,66,67,69,70,71,72). The molecule has 0 unspecified atom stereocenters. The number of pyridine rings is 1. The zero-order valence-corrected chi connectivity index (χ0v) is 62.0. The lowest BCUT2D eigenvalue weighted by Crippen LogP contribution is -2.10. The molecule has 0 spiro atoms. The fraction of sp³-hybridized carbons (Fsp3) is 0.203. The molecule has 0 amide bonds. The fourth-order valence-corrected chi connectivity index (χ4v) is 15.0. The predicted octanol–water partition coefficient (Wildman–Crippen LogP) is 14.7. The average Bonchev–Trinajstić information content (AvgIpc) is 1.58. The molecule has 0 bridgehead atoms. The Bertz CT molecular complexity index is 5950. The van der Waals surface area contributed by atoms with Crippen molar-refractivity contribution in [3.63, 3.8) is 0 Å². The van der Waals surface area contributed by atoms with Crippen molar-refractivity contribution in [3.8, 4) is 17.7 Å². The van der Waals surface area contributed by atoms with Crippen molar-refractivity contribution in [2.45, 2.75) is 66.2 Å². The molecule has 3 heterocycles. The summed E-state index contributed by atoms with van der Waals surface area (Å²) in [6, 6.07) is 34.2. The summed E-state index contributed by atoms with van der Waals surface area (Å²) in [5.41, 5.74) is 1.76. The van der Waals surface area contributed by atoms with Gasteiger partial charge in [0.25, 0.3) is 56.3 Å². The second kappa shape index (κ2) is 33.9. The summed E-state index contributed by atoms with van der Waals surface area (Å²) in [5, 5.41) is 78.5. The van der Waals surface area contributed by atoms with E-state index in [1.54, 1.807) is 57.2 Å². The minimum atomic E-state index is -5.11. The number of thioether (sulfide) groups is 2. The van der Waals surface area contributed by atoms with E-state index in [2.05, 4.69) is 82.9 Å². The number of imidazole rings is 1. The summed E-state index contributed by atoms with van der Waals surface area (Å²) in [5.74, 6) is -3.01. The number of nitriles is 1. The van der Waals surface area contributed by atoms with Gasteiger partial charge in [0.15, 0.2) is 11.3 Å². The Labute approximate surface area is 623 Å². The second-order valence-corrected chi connectivity index (χ2v) is 32.9. The van der Waals surface area contributed by atoms with Crippen LogP contribution in [0.15, 0.2) is 194 Å². The van der Waals surface area contributed by atoms with Gasteiger partial charge in [0.2, 0.25) is 23.7 Å². The van der Waals surface area contributed by atoms with Crippen LogP contribution in [0.4, 0.5) is 80.4 Å². The Hall–Kier alpha value is -11.0. The van der Waals surface area contributed by atoms with Gasteiger partial charge in [-0.3, -0.25) is 37.3 Å². The molecule has 37 nitrogen and oxygen atoms in total. The summed E-state index contributed by atoms with van der Waals surface area (Å²) >= 11 is 2.03. The highest BCUT2D eigenvalue weighted by Crippen LogP contribution is 2.46. The number of rotatable bonds is 33. The van der Waals surface area contributed by atoms with E-state index in [0.29, 0.717) is 28.2 Å². The number of aromatic nitrogens is 5. The molecule has 7 aromatic carbocycles. The van der Waals surface area contributed by atoms with Crippen LogP contribution in [0.1, 0.15) is 47.1 Å². The van der Waals surface area contributed by atoms with Gasteiger partial charge < -0.3 is 25.8 Å². The maximum atomic E-state index is 12.4. The van der Waals surface area contributed by atoms with Crippen molar-refractivity contribution in [1.82, 2.24) is 24.3 Å². The minimum absolute atomic E-state index is 0.00264. The quantitative estimate of drug-likeness (QED) is 0.00460. The van der Waals surface area contributed by atoms with Crippen molar-refractivity contribution >= 4 is 171 Å². The van der Waals surface area contributed by atoms with E-state index < -0.39 is 99.8 Å². The number of nitro groups is 1. The summed E-state index contributed by atoms with van der Waals surface area (Å²) < 4.78 is 177. The van der Waals surface area contributed by atoms with Gasteiger partial charge in [-0.25, -0.2) is 4.98 Å². The summed E-state index contributed by atoms with van der Waals surface area (Å²) in [6.45, 7) is 4.53. The molecule has 0 aliphatic rings. The molecule has 0 saturated heterocycles. The van der Waals surface area contributed by atoms with Gasteiger partial charge in [0, 0.05) is 45.8 Å². The highest BCUT2D eigenvalue weighted by Gasteiger charge is 2.25. The molecule has 3 aromatic heterocycles. The molecule has 562 valence electrons. The fourth-order valence-electron chi connectivity index (χ4n) is 10.0. The maximum absolute atomic E-state index is 12.4. The van der Waals surface area contributed by atoms with Crippen LogP contribution in [0, 0.1) is 42.2 Å². The van der Waals surface area contributed by atoms with Crippen molar-refractivity contribution in [1.29, 1.82) is 5.26 Å². The zero-order valence-electron chi connectivity index (χ0n) is 56.3. The highest BCUT2D eigenvalue weighted by atomic mass is 32.2. The van der Waals surface area contributed by atoms with E-state index in [0.717, 1.165) is 53.4 Å². The van der Waals surface area contributed by atoms with Gasteiger partial charge in [-0.2, -0.15) is 72.5 Å². The summed E-state index contributed by atoms with van der Waals surface area (Å²) in [7, 11) is -23.2. The number of azo groups is 4. The smallest absolute Gasteiger partial charge is 0.297 e. The molecule has 9 N–H and O–H groups in total. The number of aromatic hydroxyl groups is 1. The van der Waals surface area contributed by atoms with Gasteiger partial charge >= 0.3 is 0 Å². The molecule has 108 heavy (non-hydrogen) atoms. The first-order chi connectivity index (χ1) is 51.1. The lowest BCUT2D eigenvalue weighted by atomic mass is 10.1. The van der Waals surface area contributed by atoms with Crippen LogP contribution < -0.4 is 20.7 Å². The van der Waals surface area contributed by atoms with Crippen LogP contribution in [0.25, 0.3) is 16.7 Å². The van der Waals surface area contributed by atoms with Crippen LogP contribution in [-0.2, 0) is 57.1 Å².